The Balaban J connectivity index is 1.68. The second kappa shape index (κ2) is 8.31. The zero-order chi connectivity index (χ0) is 20.1. The van der Waals surface area contributed by atoms with Crippen molar-refractivity contribution in [1.82, 2.24) is 15.4 Å². The fourth-order valence-electron chi connectivity index (χ4n) is 2.77. The SMILES string of the molecule is NC(=O)c1cccc2[nH]c(-c3ccc(NC(=O)CCCC(=O)NO)cc3)nc12. The Bertz CT molecular complexity index is 1030. The lowest BCUT2D eigenvalue weighted by atomic mass is 10.2. The molecule has 0 radical (unpaired) electrons. The van der Waals surface area contributed by atoms with Crippen LogP contribution in [0, 0.1) is 0 Å². The molecule has 9 nitrogen and oxygen atoms in total. The average Bonchev–Trinajstić information content (AvgIpc) is 3.12. The molecule has 6 N–H and O–H groups in total. The Labute approximate surface area is 159 Å². The molecule has 0 atom stereocenters. The first-order valence-electron chi connectivity index (χ1n) is 8.59. The molecular formula is C19H19N5O4. The van der Waals surface area contributed by atoms with E-state index >= 15 is 0 Å². The average molecular weight is 381 g/mol. The molecule has 3 amide bonds. The highest BCUT2D eigenvalue weighted by Crippen LogP contribution is 2.24. The Morgan fingerprint density at radius 2 is 1.75 bits per heavy atom. The molecule has 0 saturated heterocycles. The maximum absolute atomic E-state index is 11.9. The van der Waals surface area contributed by atoms with Crippen molar-refractivity contribution in [2.75, 3.05) is 5.32 Å². The Morgan fingerprint density at radius 3 is 2.43 bits per heavy atom. The van der Waals surface area contributed by atoms with Gasteiger partial charge in [0.15, 0.2) is 0 Å². The third-order valence-corrected chi connectivity index (χ3v) is 4.15. The number of nitrogens with two attached hydrogens (primary N) is 1. The van der Waals surface area contributed by atoms with Gasteiger partial charge in [-0.15, -0.1) is 0 Å². The molecule has 3 aromatic rings. The number of primary amides is 1. The van der Waals surface area contributed by atoms with Crippen LogP contribution in [0.1, 0.15) is 29.6 Å². The first-order chi connectivity index (χ1) is 13.5. The zero-order valence-electron chi connectivity index (χ0n) is 14.9. The van der Waals surface area contributed by atoms with Crippen molar-refractivity contribution in [3.8, 4) is 11.4 Å². The highest BCUT2D eigenvalue weighted by atomic mass is 16.5. The summed E-state index contributed by atoms with van der Waals surface area (Å²) in [6.45, 7) is 0. The van der Waals surface area contributed by atoms with Crippen molar-refractivity contribution in [3.05, 3.63) is 48.0 Å². The lowest BCUT2D eigenvalue weighted by molar-refractivity contribution is -0.129. The highest BCUT2D eigenvalue weighted by molar-refractivity contribution is 6.04. The lowest BCUT2D eigenvalue weighted by Gasteiger charge is -2.05. The number of aromatic nitrogens is 2. The van der Waals surface area contributed by atoms with Crippen LogP contribution < -0.4 is 16.5 Å². The van der Waals surface area contributed by atoms with Crippen molar-refractivity contribution in [3.63, 3.8) is 0 Å². The Kier molecular flexibility index (Phi) is 5.66. The predicted molar refractivity (Wildman–Crippen MR) is 102 cm³/mol. The van der Waals surface area contributed by atoms with Gasteiger partial charge in [0.05, 0.1) is 11.1 Å². The Hall–Kier alpha value is -3.72. The van der Waals surface area contributed by atoms with Gasteiger partial charge < -0.3 is 16.0 Å². The van der Waals surface area contributed by atoms with Crippen LogP contribution in [-0.4, -0.2) is 32.9 Å². The molecular weight excluding hydrogens is 362 g/mol. The van der Waals surface area contributed by atoms with Gasteiger partial charge in [0.2, 0.25) is 11.8 Å². The summed E-state index contributed by atoms with van der Waals surface area (Å²) in [6.07, 6.45) is 0.564. The van der Waals surface area contributed by atoms with E-state index in [9.17, 15) is 14.4 Å². The van der Waals surface area contributed by atoms with Gasteiger partial charge in [0, 0.05) is 24.1 Å². The topological polar surface area (TPSA) is 150 Å². The van der Waals surface area contributed by atoms with Gasteiger partial charge in [-0.05, 0) is 42.8 Å². The fraction of sp³-hybridized carbons (Fsp3) is 0.158. The summed E-state index contributed by atoms with van der Waals surface area (Å²) in [7, 11) is 0. The third kappa shape index (κ3) is 4.33. The molecule has 0 aliphatic carbocycles. The minimum atomic E-state index is -0.543. The van der Waals surface area contributed by atoms with E-state index in [0.29, 0.717) is 34.5 Å². The van der Waals surface area contributed by atoms with Crippen molar-refractivity contribution < 1.29 is 19.6 Å². The summed E-state index contributed by atoms with van der Waals surface area (Å²) in [5, 5.41) is 11.2. The Morgan fingerprint density at radius 1 is 1.04 bits per heavy atom. The quantitative estimate of drug-likeness (QED) is 0.313. The molecule has 9 heteroatoms. The number of anilines is 1. The van der Waals surface area contributed by atoms with Crippen LogP contribution in [0.5, 0.6) is 0 Å². The van der Waals surface area contributed by atoms with E-state index in [1.54, 1.807) is 36.4 Å². The van der Waals surface area contributed by atoms with Gasteiger partial charge in [0.25, 0.3) is 5.91 Å². The number of aromatic amines is 1. The van der Waals surface area contributed by atoms with E-state index < -0.39 is 11.8 Å². The molecule has 0 bridgehead atoms. The van der Waals surface area contributed by atoms with Crippen LogP contribution in [0.15, 0.2) is 42.5 Å². The molecule has 2 aromatic carbocycles. The summed E-state index contributed by atoms with van der Waals surface area (Å²) in [6, 6.07) is 12.2. The fourth-order valence-corrected chi connectivity index (χ4v) is 2.77. The number of imidazole rings is 1. The number of benzene rings is 2. The monoisotopic (exact) mass is 381 g/mol. The summed E-state index contributed by atoms with van der Waals surface area (Å²) >= 11 is 0. The maximum Gasteiger partial charge on any atom is 0.250 e. The second-order valence-corrected chi connectivity index (χ2v) is 6.17. The van der Waals surface area contributed by atoms with E-state index in [2.05, 4.69) is 15.3 Å². The second-order valence-electron chi connectivity index (χ2n) is 6.17. The molecule has 0 aliphatic rings. The number of nitrogens with one attached hydrogen (secondary N) is 3. The maximum atomic E-state index is 11.9. The van der Waals surface area contributed by atoms with E-state index in [1.165, 1.54) is 5.48 Å². The highest BCUT2D eigenvalue weighted by Gasteiger charge is 2.12. The molecule has 0 spiro atoms. The van der Waals surface area contributed by atoms with Crippen molar-refractivity contribution >= 4 is 34.4 Å². The van der Waals surface area contributed by atoms with Crippen molar-refractivity contribution in [2.45, 2.75) is 19.3 Å². The molecule has 0 saturated carbocycles. The minimum Gasteiger partial charge on any atom is -0.366 e. The van der Waals surface area contributed by atoms with Gasteiger partial charge in [-0.25, -0.2) is 10.5 Å². The number of nitrogens with zero attached hydrogens (tertiary/aromatic N) is 1. The number of amides is 3. The number of para-hydroxylation sites is 1. The van der Waals surface area contributed by atoms with E-state index in [-0.39, 0.29) is 18.7 Å². The summed E-state index contributed by atoms with van der Waals surface area (Å²) < 4.78 is 0. The molecule has 0 unspecified atom stereocenters. The molecule has 3 rings (SSSR count). The number of H-pyrrole nitrogens is 1. The van der Waals surface area contributed by atoms with E-state index in [4.69, 9.17) is 10.9 Å². The van der Waals surface area contributed by atoms with Crippen LogP contribution in [0.2, 0.25) is 0 Å². The van der Waals surface area contributed by atoms with E-state index in [1.807, 2.05) is 6.07 Å². The van der Waals surface area contributed by atoms with Gasteiger partial charge in [-0.2, -0.15) is 0 Å². The number of carbonyl (C=O) groups is 3. The largest absolute Gasteiger partial charge is 0.366 e. The normalized spacial score (nSPS) is 10.6. The third-order valence-electron chi connectivity index (χ3n) is 4.15. The number of hydrogen-bond acceptors (Lipinski definition) is 5. The number of fused-ring (bicyclic) bond motifs is 1. The first-order valence-corrected chi connectivity index (χ1v) is 8.59. The van der Waals surface area contributed by atoms with Crippen LogP contribution in [-0.2, 0) is 9.59 Å². The van der Waals surface area contributed by atoms with Crippen molar-refractivity contribution in [1.29, 1.82) is 0 Å². The zero-order valence-corrected chi connectivity index (χ0v) is 14.9. The first kappa shape index (κ1) is 19.1. The number of rotatable bonds is 7. The van der Waals surface area contributed by atoms with Gasteiger partial charge in [-0.3, -0.25) is 19.6 Å². The molecule has 1 aromatic heterocycles. The smallest absolute Gasteiger partial charge is 0.250 e. The molecule has 1 heterocycles. The predicted octanol–water partition coefficient (Wildman–Crippen LogP) is 1.94. The van der Waals surface area contributed by atoms with Gasteiger partial charge >= 0.3 is 0 Å². The standard InChI is InChI=1S/C19H19N5O4/c20-18(27)13-3-1-4-14-17(13)23-19(22-14)11-7-9-12(10-8-11)21-15(25)5-2-6-16(26)24-28/h1,3-4,7-10,28H,2,5-6H2,(H2,20,27)(H,21,25)(H,22,23)(H,24,26). The number of carbonyl (C=O) groups excluding carboxylic acids is 3. The summed E-state index contributed by atoms with van der Waals surface area (Å²) in [4.78, 5) is 41.9. The molecule has 144 valence electrons. The molecule has 0 aliphatic heterocycles. The number of hydroxylamine groups is 1. The van der Waals surface area contributed by atoms with E-state index in [0.717, 1.165) is 5.56 Å². The molecule has 28 heavy (non-hydrogen) atoms. The van der Waals surface area contributed by atoms with Gasteiger partial charge in [-0.1, -0.05) is 6.07 Å². The van der Waals surface area contributed by atoms with Crippen molar-refractivity contribution in [2.24, 2.45) is 5.73 Å². The number of hydrogen-bond donors (Lipinski definition) is 5. The summed E-state index contributed by atoms with van der Waals surface area (Å²) in [5.74, 6) is -0.717. The van der Waals surface area contributed by atoms with Crippen LogP contribution in [0.4, 0.5) is 5.69 Å². The minimum absolute atomic E-state index is 0.0716. The van der Waals surface area contributed by atoms with Crippen LogP contribution in [0.3, 0.4) is 0 Å². The molecule has 0 fully saturated rings. The summed E-state index contributed by atoms with van der Waals surface area (Å²) in [5.41, 5.74) is 9.86. The van der Waals surface area contributed by atoms with Crippen LogP contribution >= 0.6 is 0 Å². The van der Waals surface area contributed by atoms with Crippen LogP contribution in [0.25, 0.3) is 22.4 Å². The van der Waals surface area contributed by atoms with Gasteiger partial charge in [0.1, 0.15) is 11.3 Å². The lowest BCUT2D eigenvalue weighted by Crippen LogP contribution is -2.19.